The topological polar surface area (TPSA) is 46.5 Å². The molecule has 0 heterocycles. The fraction of sp³-hybridized carbons (Fsp3) is 0.300. The van der Waals surface area contributed by atoms with Crippen LogP contribution in [0.25, 0.3) is 0 Å². The second-order valence-corrected chi connectivity index (χ2v) is 3.77. The minimum absolute atomic E-state index is 0.167. The molecule has 0 spiro atoms. The van der Waals surface area contributed by atoms with E-state index in [1.54, 1.807) is 18.2 Å². The molecule has 1 aromatic rings. The number of hydrogen-bond acceptors (Lipinski definition) is 3. The van der Waals surface area contributed by atoms with E-state index in [1.807, 2.05) is 0 Å². The van der Waals surface area contributed by atoms with Crippen LogP contribution in [0.3, 0.4) is 0 Å². The van der Waals surface area contributed by atoms with Gasteiger partial charge in [0.15, 0.2) is 5.78 Å². The number of halogens is 2. The van der Waals surface area contributed by atoms with E-state index in [0.29, 0.717) is 15.8 Å². The Labute approximate surface area is 97.6 Å². The molecule has 1 rings (SSSR count). The van der Waals surface area contributed by atoms with Gasteiger partial charge in [0.1, 0.15) is 12.4 Å². The molecule has 0 aliphatic heterocycles. The maximum absolute atomic E-state index is 10.8. The average Bonchev–Trinajstić information content (AvgIpc) is 2.16. The van der Waals surface area contributed by atoms with Crippen LogP contribution in [-0.4, -0.2) is 24.1 Å². The third-order valence-corrected chi connectivity index (χ3v) is 2.10. The van der Waals surface area contributed by atoms with Crippen molar-refractivity contribution in [3.05, 3.63) is 28.2 Å². The Morgan fingerprint density at radius 3 is 2.40 bits per heavy atom. The molecule has 0 bridgehead atoms. The minimum Gasteiger partial charge on any atom is -0.493 e. The van der Waals surface area contributed by atoms with Crippen molar-refractivity contribution in [1.82, 2.24) is 0 Å². The highest BCUT2D eigenvalue weighted by molar-refractivity contribution is 6.34. The van der Waals surface area contributed by atoms with Crippen LogP contribution in [0.5, 0.6) is 5.75 Å². The summed E-state index contributed by atoms with van der Waals surface area (Å²) in [5.74, 6) is 0.251. The number of ether oxygens (including phenoxy) is 1. The first-order valence-corrected chi connectivity index (χ1v) is 5.09. The Kier molecular flexibility index (Phi) is 4.88. The van der Waals surface area contributed by atoms with Crippen molar-refractivity contribution >= 4 is 29.0 Å². The molecule has 3 nitrogen and oxygen atoms in total. The molecular weight excluding hydrogens is 239 g/mol. The summed E-state index contributed by atoms with van der Waals surface area (Å²) in [7, 11) is 0. The standard InChI is InChI=1S/C10H10Cl2O3/c11-7-3-8(12)5-10(4-7)15-2-1-9(14)6-13/h3-5,13H,1-2,6H2. The van der Waals surface area contributed by atoms with Gasteiger partial charge in [-0.1, -0.05) is 23.2 Å². The van der Waals surface area contributed by atoms with Crippen LogP contribution < -0.4 is 4.74 Å². The van der Waals surface area contributed by atoms with Gasteiger partial charge in [-0.15, -0.1) is 0 Å². The van der Waals surface area contributed by atoms with Gasteiger partial charge in [-0.25, -0.2) is 0 Å². The average molecular weight is 249 g/mol. The summed E-state index contributed by atoms with van der Waals surface area (Å²) in [5, 5.41) is 9.43. The molecule has 5 heteroatoms. The second kappa shape index (κ2) is 5.95. The van der Waals surface area contributed by atoms with Crippen molar-refractivity contribution in [1.29, 1.82) is 0 Å². The van der Waals surface area contributed by atoms with Gasteiger partial charge in [0, 0.05) is 16.5 Å². The second-order valence-electron chi connectivity index (χ2n) is 2.90. The van der Waals surface area contributed by atoms with Crippen LogP contribution in [0.1, 0.15) is 6.42 Å². The Morgan fingerprint density at radius 1 is 1.27 bits per heavy atom. The molecule has 0 aliphatic rings. The maximum atomic E-state index is 10.8. The van der Waals surface area contributed by atoms with Gasteiger partial charge < -0.3 is 9.84 Å². The van der Waals surface area contributed by atoms with Gasteiger partial charge in [0.2, 0.25) is 0 Å². The maximum Gasteiger partial charge on any atom is 0.161 e. The number of ketones is 1. The van der Waals surface area contributed by atoms with E-state index in [9.17, 15) is 4.79 Å². The van der Waals surface area contributed by atoms with Gasteiger partial charge in [0.05, 0.1) is 6.61 Å². The minimum atomic E-state index is -0.459. The molecule has 82 valence electrons. The Balaban J connectivity index is 2.47. The van der Waals surface area contributed by atoms with Crippen LogP contribution in [0.2, 0.25) is 10.0 Å². The lowest BCUT2D eigenvalue weighted by Crippen LogP contribution is -2.09. The van der Waals surface area contributed by atoms with Crippen molar-refractivity contribution in [2.75, 3.05) is 13.2 Å². The molecule has 0 unspecified atom stereocenters. The van der Waals surface area contributed by atoms with Gasteiger partial charge in [0.25, 0.3) is 0 Å². The largest absolute Gasteiger partial charge is 0.493 e. The summed E-state index contributed by atoms with van der Waals surface area (Å²) in [4.78, 5) is 10.8. The molecule has 0 radical (unpaired) electrons. The number of benzene rings is 1. The number of Topliss-reactive ketones (excluding diaryl/α,β-unsaturated/α-hetero) is 1. The van der Waals surface area contributed by atoms with Crippen molar-refractivity contribution in [3.63, 3.8) is 0 Å². The molecular formula is C10H10Cl2O3. The first-order chi connectivity index (χ1) is 7.11. The predicted molar refractivity (Wildman–Crippen MR) is 58.7 cm³/mol. The molecule has 0 saturated heterocycles. The van der Waals surface area contributed by atoms with Crippen LogP contribution in [0, 0.1) is 0 Å². The quantitative estimate of drug-likeness (QED) is 0.871. The summed E-state index contributed by atoms with van der Waals surface area (Å²) in [5.41, 5.74) is 0. The van der Waals surface area contributed by atoms with Gasteiger partial charge in [-0.2, -0.15) is 0 Å². The van der Waals surface area contributed by atoms with Crippen LogP contribution in [0.15, 0.2) is 18.2 Å². The van der Waals surface area contributed by atoms with E-state index in [2.05, 4.69) is 0 Å². The highest BCUT2D eigenvalue weighted by Crippen LogP contribution is 2.24. The molecule has 1 N–H and O–H groups in total. The molecule has 0 aliphatic carbocycles. The number of rotatable bonds is 5. The fourth-order valence-electron chi connectivity index (χ4n) is 0.974. The molecule has 0 aromatic heterocycles. The fourth-order valence-corrected chi connectivity index (χ4v) is 1.48. The smallest absolute Gasteiger partial charge is 0.161 e. The monoisotopic (exact) mass is 248 g/mol. The molecule has 0 fully saturated rings. The molecule has 0 atom stereocenters. The zero-order valence-electron chi connectivity index (χ0n) is 7.87. The van der Waals surface area contributed by atoms with Crippen LogP contribution in [0.4, 0.5) is 0 Å². The Hall–Kier alpha value is -0.770. The van der Waals surface area contributed by atoms with E-state index in [-0.39, 0.29) is 18.8 Å². The highest BCUT2D eigenvalue weighted by Gasteiger charge is 2.02. The number of carbonyl (C=O) groups excluding carboxylic acids is 1. The summed E-state index contributed by atoms with van der Waals surface area (Å²) >= 11 is 11.5. The van der Waals surface area contributed by atoms with Crippen molar-refractivity contribution in [2.24, 2.45) is 0 Å². The lowest BCUT2D eigenvalue weighted by molar-refractivity contribution is -0.122. The number of carbonyl (C=O) groups is 1. The van der Waals surface area contributed by atoms with Gasteiger partial charge in [-0.3, -0.25) is 4.79 Å². The van der Waals surface area contributed by atoms with Crippen LogP contribution in [-0.2, 0) is 4.79 Å². The third kappa shape index (κ3) is 4.51. The first-order valence-electron chi connectivity index (χ1n) is 4.33. The van der Waals surface area contributed by atoms with E-state index in [0.717, 1.165) is 0 Å². The zero-order valence-corrected chi connectivity index (χ0v) is 9.38. The summed E-state index contributed by atoms with van der Waals surface area (Å²) in [6.07, 6.45) is 0.167. The zero-order chi connectivity index (χ0) is 11.3. The molecule has 1 aromatic carbocycles. The third-order valence-electron chi connectivity index (χ3n) is 1.66. The molecule has 15 heavy (non-hydrogen) atoms. The molecule has 0 amide bonds. The first kappa shape index (κ1) is 12.3. The summed E-state index contributed by atoms with van der Waals surface area (Å²) < 4.78 is 5.24. The Bertz CT molecular complexity index is 332. The molecule has 0 saturated carbocycles. The van der Waals surface area contributed by atoms with Crippen molar-refractivity contribution in [3.8, 4) is 5.75 Å². The van der Waals surface area contributed by atoms with E-state index >= 15 is 0 Å². The lowest BCUT2D eigenvalue weighted by Gasteiger charge is -2.05. The van der Waals surface area contributed by atoms with Gasteiger partial charge in [-0.05, 0) is 18.2 Å². The lowest BCUT2D eigenvalue weighted by atomic mass is 10.3. The number of aliphatic hydroxyl groups is 1. The van der Waals surface area contributed by atoms with E-state index < -0.39 is 6.61 Å². The normalized spacial score (nSPS) is 10.1. The summed E-state index contributed by atoms with van der Waals surface area (Å²) in [6.45, 7) is -0.254. The summed E-state index contributed by atoms with van der Waals surface area (Å²) in [6, 6.07) is 4.81. The van der Waals surface area contributed by atoms with E-state index in [1.165, 1.54) is 0 Å². The van der Waals surface area contributed by atoms with E-state index in [4.69, 9.17) is 33.0 Å². The van der Waals surface area contributed by atoms with Crippen molar-refractivity contribution in [2.45, 2.75) is 6.42 Å². The van der Waals surface area contributed by atoms with Gasteiger partial charge >= 0.3 is 0 Å². The number of hydrogen-bond donors (Lipinski definition) is 1. The number of aliphatic hydroxyl groups excluding tert-OH is 1. The Morgan fingerprint density at radius 2 is 1.87 bits per heavy atom. The van der Waals surface area contributed by atoms with Crippen molar-refractivity contribution < 1.29 is 14.6 Å². The van der Waals surface area contributed by atoms with Crippen LogP contribution >= 0.6 is 23.2 Å². The predicted octanol–water partition coefficient (Wildman–Crippen LogP) is 2.32. The highest BCUT2D eigenvalue weighted by atomic mass is 35.5. The SMILES string of the molecule is O=C(CO)CCOc1cc(Cl)cc(Cl)c1.